The van der Waals surface area contributed by atoms with E-state index in [1.165, 1.54) is 16.2 Å². The van der Waals surface area contributed by atoms with Crippen molar-refractivity contribution in [1.82, 2.24) is 10.3 Å². The van der Waals surface area contributed by atoms with E-state index in [9.17, 15) is 9.59 Å². The van der Waals surface area contributed by atoms with Crippen molar-refractivity contribution in [3.05, 3.63) is 63.4 Å². The summed E-state index contributed by atoms with van der Waals surface area (Å²) in [6.45, 7) is 1.73. The minimum atomic E-state index is -0.259. The molecule has 148 valence electrons. The standard InChI is InChI=1S/C21H18BrN3O3S/c1-13(21-24-16(12-29-21)14-5-3-2-4-6-14)23-19(26)10-25-17-8-7-15(22)9-18(17)28-11-20(25)27/h2-9,12-13H,10-11H2,1H3,(H,23,26). The third-order valence-corrected chi connectivity index (χ3v) is 6.03. The molecule has 4 rings (SSSR count). The molecule has 6 nitrogen and oxygen atoms in total. The van der Waals surface area contributed by atoms with E-state index in [2.05, 4.69) is 26.2 Å². The molecule has 1 aliphatic rings. The van der Waals surface area contributed by atoms with Gasteiger partial charge in [-0.25, -0.2) is 4.98 Å². The van der Waals surface area contributed by atoms with Gasteiger partial charge in [-0.3, -0.25) is 14.5 Å². The zero-order valence-electron chi connectivity index (χ0n) is 15.6. The van der Waals surface area contributed by atoms with Crippen LogP contribution in [0.2, 0.25) is 0 Å². The first-order chi connectivity index (χ1) is 14.0. The van der Waals surface area contributed by atoms with Crippen LogP contribution >= 0.6 is 27.3 Å². The average Bonchev–Trinajstić information content (AvgIpc) is 3.21. The monoisotopic (exact) mass is 471 g/mol. The number of fused-ring (bicyclic) bond motifs is 1. The fraction of sp³-hybridized carbons (Fsp3) is 0.190. The molecule has 0 aliphatic carbocycles. The maximum atomic E-state index is 12.6. The van der Waals surface area contributed by atoms with E-state index in [0.717, 1.165) is 20.7 Å². The third-order valence-electron chi connectivity index (χ3n) is 4.51. The quantitative estimate of drug-likeness (QED) is 0.605. The van der Waals surface area contributed by atoms with Gasteiger partial charge in [-0.05, 0) is 25.1 Å². The molecule has 1 unspecified atom stereocenters. The molecule has 0 fully saturated rings. The van der Waals surface area contributed by atoms with E-state index in [1.54, 1.807) is 12.1 Å². The Morgan fingerprint density at radius 1 is 1.31 bits per heavy atom. The van der Waals surface area contributed by atoms with Gasteiger partial charge in [0.05, 0.1) is 17.4 Å². The van der Waals surface area contributed by atoms with Crippen LogP contribution in [0.3, 0.4) is 0 Å². The first-order valence-corrected chi connectivity index (χ1v) is 10.7. The molecule has 3 aromatic rings. The second-order valence-corrected chi connectivity index (χ2v) is 8.41. The number of benzene rings is 2. The van der Waals surface area contributed by atoms with Gasteiger partial charge in [0, 0.05) is 15.4 Å². The largest absolute Gasteiger partial charge is 0.482 e. The van der Waals surface area contributed by atoms with Gasteiger partial charge in [0.25, 0.3) is 5.91 Å². The van der Waals surface area contributed by atoms with Crippen LogP contribution in [0.4, 0.5) is 5.69 Å². The number of aromatic nitrogens is 1. The highest BCUT2D eigenvalue weighted by atomic mass is 79.9. The van der Waals surface area contributed by atoms with Crippen LogP contribution in [0.5, 0.6) is 5.75 Å². The predicted molar refractivity (Wildman–Crippen MR) is 116 cm³/mol. The highest BCUT2D eigenvalue weighted by Gasteiger charge is 2.28. The summed E-state index contributed by atoms with van der Waals surface area (Å²) in [5, 5.41) is 5.73. The molecule has 1 aromatic heterocycles. The zero-order valence-corrected chi connectivity index (χ0v) is 18.0. The number of rotatable bonds is 5. The number of halogens is 1. The topological polar surface area (TPSA) is 71.5 Å². The van der Waals surface area contributed by atoms with Gasteiger partial charge in [0.2, 0.25) is 5.91 Å². The minimum Gasteiger partial charge on any atom is -0.482 e. The lowest BCUT2D eigenvalue weighted by molar-refractivity contribution is -0.125. The Morgan fingerprint density at radius 3 is 2.90 bits per heavy atom. The predicted octanol–water partition coefficient (Wildman–Crippen LogP) is 4.18. The Hall–Kier alpha value is -2.71. The molecule has 1 atom stereocenters. The van der Waals surface area contributed by atoms with Crippen LogP contribution < -0.4 is 15.0 Å². The van der Waals surface area contributed by atoms with Gasteiger partial charge in [-0.1, -0.05) is 46.3 Å². The van der Waals surface area contributed by atoms with Crippen molar-refractivity contribution in [2.45, 2.75) is 13.0 Å². The highest BCUT2D eigenvalue weighted by Crippen LogP contribution is 2.34. The summed E-state index contributed by atoms with van der Waals surface area (Å²) in [6, 6.07) is 15.0. The Morgan fingerprint density at radius 2 is 2.10 bits per heavy atom. The number of carbonyl (C=O) groups excluding carboxylic acids is 2. The van der Waals surface area contributed by atoms with Crippen LogP contribution in [-0.4, -0.2) is 29.9 Å². The van der Waals surface area contributed by atoms with Crippen LogP contribution in [-0.2, 0) is 9.59 Å². The summed E-state index contributed by atoms with van der Waals surface area (Å²) in [5.74, 6) is 0.0774. The average molecular weight is 472 g/mol. The Bertz CT molecular complexity index is 1050. The second kappa shape index (κ2) is 8.34. The Kier molecular flexibility index (Phi) is 5.64. The van der Waals surface area contributed by atoms with Crippen molar-refractivity contribution in [2.24, 2.45) is 0 Å². The minimum absolute atomic E-state index is 0.0713. The molecular formula is C21H18BrN3O3S. The molecule has 0 radical (unpaired) electrons. The molecule has 0 spiro atoms. The molecule has 0 saturated carbocycles. The molecule has 8 heteroatoms. The number of hydrogen-bond acceptors (Lipinski definition) is 5. The van der Waals surface area contributed by atoms with Gasteiger partial charge in [0.15, 0.2) is 6.61 Å². The number of hydrogen-bond donors (Lipinski definition) is 1. The molecule has 29 heavy (non-hydrogen) atoms. The smallest absolute Gasteiger partial charge is 0.265 e. The summed E-state index contributed by atoms with van der Waals surface area (Å²) >= 11 is 4.88. The van der Waals surface area contributed by atoms with Crippen molar-refractivity contribution in [3.8, 4) is 17.0 Å². The summed E-state index contributed by atoms with van der Waals surface area (Å²) in [6.07, 6.45) is 0. The first kappa shape index (κ1) is 19.6. The lowest BCUT2D eigenvalue weighted by Crippen LogP contribution is -2.45. The molecule has 1 N–H and O–H groups in total. The number of carbonyl (C=O) groups is 2. The summed E-state index contributed by atoms with van der Waals surface area (Å²) in [7, 11) is 0. The van der Waals surface area contributed by atoms with E-state index >= 15 is 0 Å². The van der Waals surface area contributed by atoms with E-state index < -0.39 is 0 Å². The Balaban J connectivity index is 1.44. The Labute approximate surface area is 180 Å². The maximum absolute atomic E-state index is 12.6. The lowest BCUT2D eigenvalue weighted by Gasteiger charge is -2.29. The first-order valence-electron chi connectivity index (χ1n) is 9.04. The van der Waals surface area contributed by atoms with Gasteiger partial charge in [0.1, 0.15) is 17.3 Å². The molecule has 2 amide bonds. The molecule has 0 bridgehead atoms. The van der Waals surface area contributed by atoms with Crippen molar-refractivity contribution < 1.29 is 14.3 Å². The van der Waals surface area contributed by atoms with E-state index in [4.69, 9.17) is 4.74 Å². The maximum Gasteiger partial charge on any atom is 0.265 e. The summed E-state index contributed by atoms with van der Waals surface area (Å²) in [5.41, 5.74) is 2.51. The van der Waals surface area contributed by atoms with E-state index in [0.29, 0.717) is 11.4 Å². The van der Waals surface area contributed by atoms with Crippen LogP contribution in [0.1, 0.15) is 18.0 Å². The SMILES string of the molecule is CC(NC(=O)CN1C(=O)COc2cc(Br)ccc21)c1nc(-c2ccccc2)cs1. The highest BCUT2D eigenvalue weighted by molar-refractivity contribution is 9.10. The number of nitrogens with one attached hydrogen (secondary N) is 1. The van der Waals surface area contributed by atoms with E-state index in [-0.39, 0.29) is 31.0 Å². The normalized spacial score (nSPS) is 14.1. The number of amides is 2. The van der Waals surface area contributed by atoms with Gasteiger partial charge in [-0.2, -0.15) is 0 Å². The van der Waals surface area contributed by atoms with E-state index in [1.807, 2.05) is 48.7 Å². The van der Waals surface area contributed by atoms with Crippen molar-refractivity contribution >= 4 is 44.8 Å². The number of ether oxygens (including phenoxy) is 1. The molecule has 2 heterocycles. The molecule has 1 aliphatic heterocycles. The van der Waals surface area contributed by atoms with Crippen LogP contribution in [0, 0.1) is 0 Å². The third kappa shape index (κ3) is 4.33. The van der Waals surface area contributed by atoms with Crippen molar-refractivity contribution in [1.29, 1.82) is 0 Å². The molecule has 2 aromatic carbocycles. The zero-order chi connectivity index (χ0) is 20.4. The van der Waals surface area contributed by atoms with Gasteiger partial charge in [-0.15, -0.1) is 11.3 Å². The van der Waals surface area contributed by atoms with Gasteiger partial charge < -0.3 is 10.1 Å². The number of nitrogens with zero attached hydrogens (tertiary/aromatic N) is 2. The molecular weight excluding hydrogens is 454 g/mol. The number of thiazole rings is 1. The second-order valence-electron chi connectivity index (χ2n) is 6.61. The van der Waals surface area contributed by atoms with Crippen molar-refractivity contribution in [2.75, 3.05) is 18.1 Å². The fourth-order valence-corrected chi connectivity index (χ4v) is 4.25. The van der Waals surface area contributed by atoms with Gasteiger partial charge >= 0.3 is 0 Å². The fourth-order valence-electron chi connectivity index (χ4n) is 3.07. The summed E-state index contributed by atoms with van der Waals surface area (Å²) < 4.78 is 6.31. The number of anilines is 1. The van der Waals surface area contributed by atoms with Crippen LogP contribution in [0.25, 0.3) is 11.3 Å². The lowest BCUT2D eigenvalue weighted by atomic mass is 10.2. The molecule has 0 saturated heterocycles. The summed E-state index contributed by atoms with van der Waals surface area (Å²) in [4.78, 5) is 31.0. The van der Waals surface area contributed by atoms with Crippen molar-refractivity contribution in [3.63, 3.8) is 0 Å². The van der Waals surface area contributed by atoms with Crippen LogP contribution in [0.15, 0.2) is 58.4 Å².